The minimum absolute atomic E-state index is 0.00585. The molecular weight excluding hydrogens is 289 g/mol. The van der Waals surface area contributed by atoms with E-state index in [1.165, 1.54) is 12.1 Å². The normalized spacial score (nSPS) is 10.2. The lowest BCUT2D eigenvalue weighted by molar-refractivity contribution is -0.387. The minimum Gasteiger partial charge on any atom is -0.322 e. The maximum atomic E-state index is 13.8. The van der Waals surface area contributed by atoms with Crippen LogP contribution in [-0.4, -0.2) is 10.8 Å². The number of halogens is 3. The highest BCUT2D eigenvalue weighted by Crippen LogP contribution is 2.23. The topological polar surface area (TPSA) is 72.2 Å². The molecule has 0 fully saturated rings. The Bertz CT molecular complexity index is 735. The van der Waals surface area contributed by atoms with Gasteiger partial charge in [-0.3, -0.25) is 14.9 Å². The molecule has 0 saturated heterocycles. The number of nitrogens with one attached hydrogen (secondary N) is 1. The number of benzene rings is 2. The molecule has 0 spiro atoms. The minimum atomic E-state index is -1.46. The number of nitro benzene ring substituents is 1. The molecule has 2 aromatic rings. The first kappa shape index (κ1) is 14.5. The molecule has 1 amide bonds. The van der Waals surface area contributed by atoms with Crippen LogP contribution in [0.3, 0.4) is 0 Å². The first-order chi connectivity index (χ1) is 9.88. The lowest BCUT2D eigenvalue weighted by Gasteiger charge is -2.06. The zero-order valence-electron chi connectivity index (χ0n) is 10.3. The molecule has 5 nitrogen and oxygen atoms in total. The second-order valence-corrected chi connectivity index (χ2v) is 4.01. The molecule has 0 aliphatic heterocycles. The zero-order valence-corrected chi connectivity index (χ0v) is 10.3. The average Bonchev–Trinajstić information content (AvgIpc) is 2.40. The van der Waals surface area contributed by atoms with Gasteiger partial charge in [0, 0.05) is 5.69 Å². The number of hydrogen-bond donors (Lipinski definition) is 1. The number of carbonyl (C=O) groups is 1. The summed E-state index contributed by atoms with van der Waals surface area (Å²) in [5.41, 5.74) is -1.99. The number of carbonyl (C=O) groups excluding carboxylic acids is 1. The SMILES string of the molecule is O=C(Nc1cccc(F)c1)c1cc(F)cc([N+](=O)[O-])c1F. The van der Waals surface area contributed by atoms with Gasteiger partial charge in [0.05, 0.1) is 16.6 Å². The number of nitro groups is 1. The van der Waals surface area contributed by atoms with E-state index in [1.807, 2.05) is 0 Å². The van der Waals surface area contributed by atoms with Gasteiger partial charge in [0.1, 0.15) is 11.6 Å². The Morgan fingerprint density at radius 2 is 1.81 bits per heavy atom. The van der Waals surface area contributed by atoms with Crippen molar-refractivity contribution in [3.63, 3.8) is 0 Å². The van der Waals surface area contributed by atoms with Crippen LogP contribution in [0.15, 0.2) is 36.4 Å². The van der Waals surface area contributed by atoms with Crippen LogP contribution in [0, 0.1) is 27.6 Å². The second-order valence-electron chi connectivity index (χ2n) is 4.01. The van der Waals surface area contributed by atoms with Crippen molar-refractivity contribution in [3.8, 4) is 0 Å². The second kappa shape index (κ2) is 5.61. The van der Waals surface area contributed by atoms with Crippen molar-refractivity contribution in [1.82, 2.24) is 0 Å². The van der Waals surface area contributed by atoms with Crippen molar-refractivity contribution in [2.45, 2.75) is 0 Å². The van der Waals surface area contributed by atoms with Gasteiger partial charge in [-0.15, -0.1) is 0 Å². The highest BCUT2D eigenvalue weighted by Gasteiger charge is 2.24. The molecule has 2 rings (SSSR count). The van der Waals surface area contributed by atoms with Gasteiger partial charge in [-0.2, -0.15) is 4.39 Å². The predicted molar refractivity (Wildman–Crippen MR) is 67.4 cm³/mol. The molecule has 108 valence electrons. The Balaban J connectivity index is 2.37. The third-order valence-electron chi connectivity index (χ3n) is 2.54. The highest BCUT2D eigenvalue weighted by molar-refractivity contribution is 6.04. The molecule has 0 atom stereocenters. The molecule has 0 heterocycles. The Kier molecular flexibility index (Phi) is 3.88. The summed E-state index contributed by atoms with van der Waals surface area (Å²) in [4.78, 5) is 21.2. The molecule has 0 saturated carbocycles. The maximum Gasteiger partial charge on any atom is 0.308 e. The Morgan fingerprint density at radius 3 is 2.43 bits per heavy atom. The van der Waals surface area contributed by atoms with Gasteiger partial charge in [-0.25, -0.2) is 8.78 Å². The van der Waals surface area contributed by atoms with Gasteiger partial charge in [0.25, 0.3) is 5.91 Å². The largest absolute Gasteiger partial charge is 0.322 e. The molecule has 2 aromatic carbocycles. The summed E-state index contributed by atoms with van der Waals surface area (Å²) in [6.45, 7) is 0. The maximum absolute atomic E-state index is 13.8. The van der Waals surface area contributed by atoms with Gasteiger partial charge < -0.3 is 5.32 Å². The van der Waals surface area contributed by atoms with E-state index in [1.54, 1.807) is 0 Å². The Hall–Kier alpha value is -2.90. The molecule has 0 aromatic heterocycles. The fourth-order valence-electron chi connectivity index (χ4n) is 1.64. The fourth-order valence-corrected chi connectivity index (χ4v) is 1.64. The van der Waals surface area contributed by atoms with E-state index in [9.17, 15) is 28.1 Å². The van der Waals surface area contributed by atoms with Crippen LogP contribution < -0.4 is 5.32 Å². The van der Waals surface area contributed by atoms with Crippen molar-refractivity contribution >= 4 is 17.3 Å². The number of anilines is 1. The van der Waals surface area contributed by atoms with Crippen LogP contribution in [0.5, 0.6) is 0 Å². The van der Waals surface area contributed by atoms with E-state index in [4.69, 9.17) is 0 Å². The summed E-state index contributed by atoms with van der Waals surface area (Å²) < 4.78 is 40.0. The van der Waals surface area contributed by atoms with Crippen molar-refractivity contribution in [2.75, 3.05) is 5.32 Å². The van der Waals surface area contributed by atoms with Crippen molar-refractivity contribution in [1.29, 1.82) is 0 Å². The number of hydrogen-bond acceptors (Lipinski definition) is 3. The lowest BCUT2D eigenvalue weighted by Crippen LogP contribution is -2.15. The van der Waals surface area contributed by atoms with Gasteiger partial charge in [0.15, 0.2) is 0 Å². The van der Waals surface area contributed by atoms with Gasteiger partial charge in [-0.1, -0.05) is 6.07 Å². The first-order valence-electron chi connectivity index (χ1n) is 5.59. The summed E-state index contributed by atoms with van der Waals surface area (Å²) in [6, 6.07) is 5.61. The first-order valence-corrected chi connectivity index (χ1v) is 5.59. The van der Waals surface area contributed by atoms with Crippen LogP contribution >= 0.6 is 0 Å². The Morgan fingerprint density at radius 1 is 1.10 bits per heavy atom. The molecule has 0 bridgehead atoms. The summed E-state index contributed by atoms with van der Waals surface area (Å²) in [6.07, 6.45) is 0. The third-order valence-corrected chi connectivity index (χ3v) is 2.54. The Labute approximate surface area is 116 Å². The molecule has 0 unspecified atom stereocenters. The molecule has 8 heteroatoms. The standard InChI is InChI=1S/C13H7F3N2O3/c14-7-2-1-3-9(4-7)17-13(19)10-5-8(15)6-11(12(10)16)18(20)21/h1-6H,(H,17,19). The fraction of sp³-hybridized carbons (Fsp3) is 0. The smallest absolute Gasteiger partial charge is 0.308 e. The molecule has 0 aliphatic carbocycles. The van der Waals surface area contributed by atoms with Crippen molar-refractivity contribution in [2.24, 2.45) is 0 Å². The molecule has 21 heavy (non-hydrogen) atoms. The average molecular weight is 296 g/mol. The van der Waals surface area contributed by atoms with E-state index < -0.39 is 39.5 Å². The van der Waals surface area contributed by atoms with E-state index in [-0.39, 0.29) is 5.69 Å². The van der Waals surface area contributed by atoms with E-state index >= 15 is 0 Å². The molecule has 1 N–H and O–H groups in total. The lowest BCUT2D eigenvalue weighted by atomic mass is 10.1. The van der Waals surface area contributed by atoms with E-state index in [0.29, 0.717) is 12.1 Å². The van der Waals surface area contributed by atoms with Crippen LogP contribution in [0.4, 0.5) is 24.5 Å². The van der Waals surface area contributed by atoms with Crippen LogP contribution in [0.2, 0.25) is 0 Å². The monoisotopic (exact) mass is 296 g/mol. The zero-order chi connectivity index (χ0) is 15.6. The highest BCUT2D eigenvalue weighted by atomic mass is 19.1. The number of nitrogens with zero attached hydrogens (tertiary/aromatic N) is 1. The van der Waals surface area contributed by atoms with Crippen molar-refractivity contribution < 1.29 is 22.9 Å². The number of rotatable bonds is 3. The summed E-state index contributed by atoms with van der Waals surface area (Å²) >= 11 is 0. The third kappa shape index (κ3) is 3.16. The van der Waals surface area contributed by atoms with E-state index in [0.717, 1.165) is 12.1 Å². The molecule has 0 aliphatic rings. The van der Waals surface area contributed by atoms with Gasteiger partial charge >= 0.3 is 5.69 Å². The number of amides is 1. The predicted octanol–water partition coefficient (Wildman–Crippen LogP) is 3.26. The summed E-state index contributed by atoms with van der Waals surface area (Å²) in [5.74, 6) is -4.36. The quantitative estimate of drug-likeness (QED) is 0.698. The summed E-state index contributed by atoms with van der Waals surface area (Å²) in [7, 11) is 0. The van der Waals surface area contributed by atoms with Crippen LogP contribution in [-0.2, 0) is 0 Å². The summed E-state index contributed by atoms with van der Waals surface area (Å²) in [5, 5.41) is 12.7. The van der Waals surface area contributed by atoms with E-state index in [2.05, 4.69) is 5.32 Å². The van der Waals surface area contributed by atoms with Gasteiger partial charge in [-0.05, 0) is 24.3 Å². The van der Waals surface area contributed by atoms with Crippen LogP contribution in [0.1, 0.15) is 10.4 Å². The van der Waals surface area contributed by atoms with Crippen molar-refractivity contribution in [3.05, 3.63) is 69.5 Å². The van der Waals surface area contributed by atoms with Crippen LogP contribution in [0.25, 0.3) is 0 Å². The van der Waals surface area contributed by atoms with Gasteiger partial charge in [0.2, 0.25) is 5.82 Å². The molecular formula is C13H7F3N2O3. The molecule has 0 radical (unpaired) electrons.